The van der Waals surface area contributed by atoms with Gasteiger partial charge in [0.25, 0.3) is 0 Å². The number of hydrogen-bond acceptors (Lipinski definition) is 9. The largest absolute Gasteiger partial charge is 0.480 e. The van der Waals surface area contributed by atoms with Gasteiger partial charge < -0.3 is 31.1 Å². The molecule has 0 bridgehead atoms. The number of nitrogens with zero attached hydrogens (tertiary/aromatic N) is 4. The van der Waals surface area contributed by atoms with Crippen molar-refractivity contribution in [3.63, 3.8) is 0 Å². The number of anilines is 1. The highest BCUT2D eigenvalue weighted by atomic mass is 16.4. The Morgan fingerprint density at radius 3 is 1.76 bits per heavy atom. The van der Waals surface area contributed by atoms with Crippen LogP contribution in [0.15, 0.2) is 24.3 Å². The molecule has 1 saturated heterocycles. The summed E-state index contributed by atoms with van der Waals surface area (Å²) in [5.41, 5.74) is 7.54. The van der Waals surface area contributed by atoms with E-state index >= 15 is 0 Å². The zero-order valence-corrected chi connectivity index (χ0v) is 20.9. The Bertz CT molecular complexity index is 881. The van der Waals surface area contributed by atoms with Crippen molar-refractivity contribution in [3.8, 4) is 0 Å². The molecular weight excluding hydrogens is 486 g/mol. The van der Waals surface area contributed by atoms with E-state index in [0.717, 1.165) is 25.1 Å². The zero-order valence-electron chi connectivity index (χ0n) is 20.9. The Kier molecular flexibility index (Phi) is 12.2. The molecule has 206 valence electrons. The number of carboxylic acids is 4. The first-order chi connectivity index (χ1) is 17.5. The van der Waals surface area contributed by atoms with Gasteiger partial charge in [-0.1, -0.05) is 12.1 Å². The minimum atomic E-state index is -1.09. The van der Waals surface area contributed by atoms with Crippen LogP contribution in [0.25, 0.3) is 0 Å². The van der Waals surface area contributed by atoms with Gasteiger partial charge in [0.05, 0.1) is 26.2 Å². The quantitative estimate of drug-likeness (QED) is 0.168. The fraction of sp³-hybridized carbons (Fsp3) is 0.583. The molecule has 1 aliphatic heterocycles. The number of nitrogens with two attached hydrogens (primary N) is 1. The molecule has 1 atom stereocenters. The maximum absolute atomic E-state index is 11.2. The molecule has 0 spiro atoms. The van der Waals surface area contributed by atoms with Crippen LogP contribution in [0, 0.1) is 0 Å². The van der Waals surface area contributed by atoms with Crippen LogP contribution in [0.2, 0.25) is 0 Å². The van der Waals surface area contributed by atoms with Gasteiger partial charge in [0.2, 0.25) is 0 Å². The molecule has 2 rings (SSSR count). The summed E-state index contributed by atoms with van der Waals surface area (Å²) in [5, 5.41) is 36.5. The van der Waals surface area contributed by atoms with Crippen molar-refractivity contribution in [1.29, 1.82) is 0 Å². The lowest BCUT2D eigenvalue weighted by Gasteiger charge is -2.34. The number of benzene rings is 1. The van der Waals surface area contributed by atoms with Crippen LogP contribution >= 0.6 is 0 Å². The van der Waals surface area contributed by atoms with Gasteiger partial charge in [-0.3, -0.25) is 33.9 Å². The van der Waals surface area contributed by atoms with Crippen molar-refractivity contribution in [2.75, 3.05) is 77.7 Å². The predicted octanol–water partition coefficient (Wildman–Crippen LogP) is -0.870. The molecule has 0 saturated carbocycles. The second kappa shape index (κ2) is 15.1. The molecule has 1 aromatic rings. The highest BCUT2D eigenvalue weighted by Gasteiger charge is 2.27. The summed E-state index contributed by atoms with van der Waals surface area (Å²) in [6.45, 7) is 2.20. The Morgan fingerprint density at radius 2 is 1.27 bits per heavy atom. The number of aliphatic carboxylic acids is 4. The van der Waals surface area contributed by atoms with Gasteiger partial charge >= 0.3 is 23.9 Å². The number of nitrogen functional groups attached to an aromatic ring is 1. The normalized spacial score (nSPS) is 17.1. The molecule has 0 amide bonds. The number of carbonyl (C=O) groups is 4. The van der Waals surface area contributed by atoms with Crippen molar-refractivity contribution >= 4 is 29.6 Å². The fourth-order valence-corrected chi connectivity index (χ4v) is 4.55. The van der Waals surface area contributed by atoms with E-state index in [0.29, 0.717) is 31.7 Å². The Balaban J connectivity index is 2.12. The smallest absolute Gasteiger partial charge is 0.317 e. The summed E-state index contributed by atoms with van der Waals surface area (Å²) in [4.78, 5) is 51.9. The molecule has 37 heavy (non-hydrogen) atoms. The summed E-state index contributed by atoms with van der Waals surface area (Å²) in [5.74, 6) is -4.35. The molecule has 1 aromatic carbocycles. The summed E-state index contributed by atoms with van der Waals surface area (Å²) in [6.07, 6.45) is 1.48. The van der Waals surface area contributed by atoms with Crippen molar-refractivity contribution in [2.45, 2.75) is 18.9 Å². The van der Waals surface area contributed by atoms with Gasteiger partial charge in [0, 0.05) is 44.5 Å². The lowest BCUT2D eigenvalue weighted by Crippen LogP contribution is -2.48. The fourth-order valence-electron chi connectivity index (χ4n) is 4.55. The number of hydrogen-bond donors (Lipinski definition) is 5. The first-order valence-electron chi connectivity index (χ1n) is 12.1. The van der Waals surface area contributed by atoms with E-state index in [2.05, 4.69) is 9.80 Å². The van der Waals surface area contributed by atoms with Crippen LogP contribution in [0.4, 0.5) is 5.69 Å². The third-order valence-corrected chi connectivity index (χ3v) is 6.23. The predicted molar refractivity (Wildman–Crippen MR) is 134 cm³/mol. The zero-order chi connectivity index (χ0) is 27.4. The van der Waals surface area contributed by atoms with E-state index in [4.69, 9.17) is 26.2 Å². The first kappa shape index (κ1) is 30.0. The SMILES string of the molecule is Nc1ccc(CC2CN(CCN(CC(=O)O)CC(=O)O)CCCN2CCN(CC(=O)O)CC(=O)O)cc1. The van der Waals surface area contributed by atoms with Crippen molar-refractivity contribution < 1.29 is 39.6 Å². The third kappa shape index (κ3) is 12.0. The van der Waals surface area contributed by atoms with Crippen LogP contribution in [-0.4, -0.2) is 142 Å². The van der Waals surface area contributed by atoms with Crippen LogP contribution in [-0.2, 0) is 25.6 Å². The van der Waals surface area contributed by atoms with Crippen LogP contribution in [0.1, 0.15) is 12.0 Å². The van der Waals surface area contributed by atoms with Gasteiger partial charge in [-0.2, -0.15) is 0 Å². The van der Waals surface area contributed by atoms with Crippen molar-refractivity contribution in [3.05, 3.63) is 29.8 Å². The van der Waals surface area contributed by atoms with Gasteiger partial charge in [-0.15, -0.1) is 0 Å². The number of carboxylic acid groups (broad SMARTS) is 4. The Hall–Kier alpha value is -3.26. The van der Waals surface area contributed by atoms with Crippen LogP contribution in [0.3, 0.4) is 0 Å². The standard InChI is InChI=1S/C24H37N5O8/c25-19-4-2-18(3-5-19)12-20-13-26(8-9-27(14-21(30)31)15-22(32)33)6-1-7-29(20)11-10-28(16-23(34)35)17-24(36)37/h2-5,20H,1,6-17,25H2,(H,30,31)(H,32,33)(H,34,35)(H,36,37). The van der Waals surface area contributed by atoms with Gasteiger partial charge in [0.15, 0.2) is 0 Å². The Labute approximate surface area is 215 Å². The van der Waals surface area contributed by atoms with E-state index in [1.54, 1.807) is 0 Å². The molecule has 0 aromatic heterocycles. The van der Waals surface area contributed by atoms with Crippen molar-refractivity contribution in [2.24, 2.45) is 0 Å². The number of rotatable bonds is 16. The molecule has 1 aliphatic rings. The topological polar surface area (TPSA) is 188 Å². The van der Waals surface area contributed by atoms with E-state index in [1.165, 1.54) is 9.80 Å². The highest BCUT2D eigenvalue weighted by Crippen LogP contribution is 2.17. The average molecular weight is 524 g/mol. The first-order valence-corrected chi connectivity index (χ1v) is 12.1. The molecule has 1 heterocycles. The van der Waals surface area contributed by atoms with E-state index in [1.807, 2.05) is 24.3 Å². The van der Waals surface area contributed by atoms with Gasteiger partial charge in [-0.05, 0) is 43.6 Å². The van der Waals surface area contributed by atoms with Crippen molar-refractivity contribution in [1.82, 2.24) is 19.6 Å². The molecule has 13 heteroatoms. The summed E-state index contributed by atoms with van der Waals surface area (Å²) >= 11 is 0. The Morgan fingerprint density at radius 1 is 0.784 bits per heavy atom. The molecule has 1 unspecified atom stereocenters. The van der Waals surface area contributed by atoms with E-state index in [-0.39, 0.29) is 45.3 Å². The summed E-state index contributed by atoms with van der Waals surface area (Å²) in [6, 6.07) is 7.57. The highest BCUT2D eigenvalue weighted by molar-refractivity contribution is 5.73. The minimum absolute atomic E-state index is 0.0232. The molecule has 1 fully saturated rings. The lowest BCUT2D eigenvalue weighted by atomic mass is 10.0. The van der Waals surface area contributed by atoms with Gasteiger partial charge in [-0.25, -0.2) is 0 Å². The summed E-state index contributed by atoms with van der Waals surface area (Å²) < 4.78 is 0. The second-order valence-electron chi connectivity index (χ2n) is 9.29. The summed E-state index contributed by atoms with van der Waals surface area (Å²) in [7, 11) is 0. The average Bonchev–Trinajstić information content (AvgIpc) is 2.97. The molecule has 0 radical (unpaired) electrons. The minimum Gasteiger partial charge on any atom is -0.480 e. The lowest BCUT2D eigenvalue weighted by molar-refractivity contribution is -0.143. The van der Waals surface area contributed by atoms with E-state index < -0.39 is 23.9 Å². The third-order valence-electron chi connectivity index (χ3n) is 6.23. The maximum Gasteiger partial charge on any atom is 0.317 e. The molecular formula is C24H37N5O8. The van der Waals surface area contributed by atoms with Crippen LogP contribution < -0.4 is 5.73 Å². The monoisotopic (exact) mass is 523 g/mol. The second-order valence-corrected chi connectivity index (χ2v) is 9.29. The van der Waals surface area contributed by atoms with E-state index in [9.17, 15) is 19.2 Å². The van der Waals surface area contributed by atoms with Crippen LogP contribution in [0.5, 0.6) is 0 Å². The molecule has 13 nitrogen and oxygen atoms in total. The molecule has 0 aliphatic carbocycles. The maximum atomic E-state index is 11.2. The van der Waals surface area contributed by atoms with Gasteiger partial charge in [0.1, 0.15) is 0 Å². The molecule has 6 N–H and O–H groups in total.